The molecule has 0 aliphatic rings. The quantitative estimate of drug-likeness (QED) is 0.898. The van der Waals surface area contributed by atoms with Gasteiger partial charge in [-0.25, -0.2) is 4.98 Å². The Morgan fingerprint density at radius 3 is 2.84 bits per heavy atom. The molecule has 0 atom stereocenters. The minimum Gasteiger partial charge on any atom is -0.439 e. The van der Waals surface area contributed by atoms with Crippen molar-refractivity contribution in [2.75, 3.05) is 6.54 Å². The molecule has 2 aromatic rings. The second-order valence-corrected chi connectivity index (χ2v) is 4.70. The van der Waals surface area contributed by atoms with Gasteiger partial charge >= 0.3 is 0 Å². The maximum atomic E-state index is 5.99. The standard InChI is InChI=1S/C15H17ClN2O/c1-3-17-10-12-6-7-18-15(9-12)19-13-4-5-14(16)11(2)8-13/h4-9,17H,3,10H2,1-2H3. The van der Waals surface area contributed by atoms with E-state index in [1.807, 2.05) is 37.3 Å². The van der Waals surface area contributed by atoms with Gasteiger partial charge in [0.1, 0.15) is 5.75 Å². The fourth-order valence-electron chi connectivity index (χ4n) is 1.69. The van der Waals surface area contributed by atoms with Crippen LogP contribution in [0.25, 0.3) is 0 Å². The largest absolute Gasteiger partial charge is 0.439 e. The number of ether oxygens (including phenoxy) is 1. The molecule has 3 nitrogen and oxygen atoms in total. The SMILES string of the molecule is CCNCc1ccnc(Oc2ccc(Cl)c(C)c2)c1. The zero-order valence-electron chi connectivity index (χ0n) is 11.1. The number of hydrogen-bond donors (Lipinski definition) is 1. The van der Waals surface area contributed by atoms with Gasteiger partial charge in [0, 0.05) is 23.8 Å². The Kier molecular flexibility index (Phi) is 4.77. The van der Waals surface area contributed by atoms with Crippen LogP contribution in [0, 0.1) is 6.92 Å². The van der Waals surface area contributed by atoms with Crippen molar-refractivity contribution in [3.8, 4) is 11.6 Å². The van der Waals surface area contributed by atoms with E-state index in [2.05, 4.69) is 17.2 Å². The van der Waals surface area contributed by atoms with E-state index in [0.717, 1.165) is 35.0 Å². The summed E-state index contributed by atoms with van der Waals surface area (Å²) in [6.45, 7) is 5.78. The van der Waals surface area contributed by atoms with Gasteiger partial charge < -0.3 is 10.1 Å². The molecule has 1 aromatic heterocycles. The molecule has 19 heavy (non-hydrogen) atoms. The summed E-state index contributed by atoms with van der Waals surface area (Å²) < 4.78 is 5.74. The van der Waals surface area contributed by atoms with Crippen molar-refractivity contribution in [3.63, 3.8) is 0 Å². The zero-order valence-corrected chi connectivity index (χ0v) is 11.9. The van der Waals surface area contributed by atoms with Crippen LogP contribution in [0.5, 0.6) is 11.6 Å². The van der Waals surface area contributed by atoms with Crippen LogP contribution in [0.4, 0.5) is 0 Å². The van der Waals surface area contributed by atoms with E-state index in [9.17, 15) is 0 Å². The lowest BCUT2D eigenvalue weighted by molar-refractivity contribution is 0.461. The molecule has 0 radical (unpaired) electrons. The van der Waals surface area contributed by atoms with Crippen molar-refractivity contribution < 1.29 is 4.74 Å². The molecule has 4 heteroatoms. The predicted molar refractivity (Wildman–Crippen MR) is 77.9 cm³/mol. The molecule has 0 amide bonds. The van der Waals surface area contributed by atoms with Gasteiger partial charge in [-0.05, 0) is 48.9 Å². The van der Waals surface area contributed by atoms with Crippen LogP contribution >= 0.6 is 11.6 Å². The van der Waals surface area contributed by atoms with Crippen LogP contribution in [-0.4, -0.2) is 11.5 Å². The molecule has 1 heterocycles. The first kappa shape index (κ1) is 13.8. The van der Waals surface area contributed by atoms with E-state index in [-0.39, 0.29) is 0 Å². The summed E-state index contributed by atoms with van der Waals surface area (Å²) in [6, 6.07) is 9.49. The number of nitrogens with one attached hydrogen (secondary N) is 1. The van der Waals surface area contributed by atoms with Crippen LogP contribution in [0.1, 0.15) is 18.1 Å². The second kappa shape index (κ2) is 6.55. The number of aromatic nitrogens is 1. The first-order valence-electron chi connectivity index (χ1n) is 6.28. The Morgan fingerprint density at radius 1 is 1.26 bits per heavy atom. The zero-order chi connectivity index (χ0) is 13.7. The van der Waals surface area contributed by atoms with Gasteiger partial charge in [0.15, 0.2) is 0 Å². The van der Waals surface area contributed by atoms with E-state index >= 15 is 0 Å². The van der Waals surface area contributed by atoms with E-state index in [0.29, 0.717) is 5.88 Å². The Labute approximate surface area is 118 Å². The van der Waals surface area contributed by atoms with E-state index in [1.165, 1.54) is 0 Å². The summed E-state index contributed by atoms with van der Waals surface area (Å²) in [5.74, 6) is 1.34. The topological polar surface area (TPSA) is 34.2 Å². The molecule has 0 unspecified atom stereocenters. The summed E-state index contributed by atoms with van der Waals surface area (Å²) in [5.41, 5.74) is 2.14. The van der Waals surface area contributed by atoms with Crippen LogP contribution in [0.2, 0.25) is 5.02 Å². The normalized spacial score (nSPS) is 10.5. The predicted octanol–water partition coefficient (Wildman–Crippen LogP) is 3.95. The lowest BCUT2D eigenvalue weighted by Gasteiger charge is -2.08. The number of aryl methyl sites for hydroxylation is 1. The Morgan fingerprint density at radius 2 is 2.11 bits per heavy atom. The molecule has 0 aliphatic heterocycles. The Bertz CT molecular complexity index is 558. The molecule has 0 bridgehead atoms. The highest BCUT2D eigenvalue weighted by Crippen LogP contribution is 2.25. The fourth-order valence-corrected chi connectivity index (χ4v) is 1.80. The number of rotatable bonds is 5. The van der Waals surface area contributed by atoms with Gasteiger partial charge in [0.25, 0.3) is 0 Å². The third-order valence-electron chi connectivity index (χ3n) is 2.73. The van der Waals surface area contributed by atoms with Gasteiger partial charge in [0.2, 0.25) is 5.88 Å². The first-order valence-corrected chi connectivity index (χ1v) is 6.66. The highest BCUT2D eigenvalue weighted by Gasteiger charge is 2.02. The summed E-state index contributed by atoms with van der Waals surface area (Å²) >= 11 is 5.99. The molecule has 1 aromatic carbocycles. The Hall–Kier alpha value is -1.58. The van der Waals surface area contributed by atoms with Crippen LogP contribution in [0.3, 0.4) is 0 Å². The van der Waals surface area contributed by atoms with Gasteiger partial charge in [-0.2, -0.15) is 0 Å². The molecule has 0 saturated carbocycles. The van der Waals surface area contributed by atoms with Crippen molar-refractivity contribution in [2.45, 2.75) is 20.4 Å². The summed E-state index contributed by atoms with van der Waals surface area (Å²) in [6.07, 6.45) is 1.75. The second-order valence-electron chi connectivity index (χ2n) is 4.30. The van der Waals surface area contributed by atoms with Gasteiger partial charge in [-0.15, -0.1) is 0 Å². The summed E-state index contributed by atoms with van der Waals surface area (Å²) in [7, 11) is 0. The van der Waals surface area contributed by atoms with Crippen LogP contribution in [0.15, 0.2) is 36.5 Å². The summed E-state index contributed by atoms with van der Waals surface area (Å²) in [4.78, 5) is 4.21. The Balaban J connectivity index is 2.11. The smallest absolute Gasteiger partial charge is 0.219 e. The minimum absolute atomic E-state index is 0.595. The van der Waals surface area contributed by atoms with Crippen molar-refractivity contribution in [2.24, 2.45) is 0 Å². The van der Waals surface area contributed by atoms with E-state index in [1.54, 1.807) is 6.20 Å². The number of halogens is 1. The molecular formula is C15H17ClN2O. The lowest BCUT2D eigenvalue weighted by atomic mass is 10.2. The molecule has 0 saturated heterocycles. The molecule has 0 aliphatic carbocycles. The van der Waals surface area contributed by atoms with Gasteiger partial charge in [-0.1, -0.05) is 18.5 Å². The maximum absolute atomic E-state index is 5.99. The summed E-state index contributed by atoms with van der Waals surface area (Å²) in [5, 5.41) is 4.01. The molecule has 0 spiro atoms. The lowest BCUT2D eigenvalue weighted by Crippen LogP contribution is -2.11. The van der Waals surface area contributed by atoms with Gasteiger partial charge in [0.05, 0.1) is 0 Å². The molecule has 100 valence electrons. The molecule has 1 N–H and O–H groups in total. The third-order valence-corrected chi connectivity index (χ3v) is 3.15. The van der Waals surface area contributed by atoms with Crippen LogP contribution in [-0.2, 0) is 6.54 Å². The highest BCUT2D eigenvalue weighted by atomic mass is 35.5. The third kappa shape index (κ3) is 3.94. The molecule has 2 rings (SSSR count). The van der Waals surface area contributed by atoms with E-state index in [4.69, 9.17) is 16.3 Å². The monoisotopic (exact) mass is 276 g/mol. The van der Waals surface area contributed by atoms with Crippen LogP contribution < -0.4 is 10.1 Å². The first-order chi connectivity index (χ1) is 9.19. The van der Waals surface area contributed by atoms with Gasteiger partial charge in [-0.3, -0.25) is 0 Å². The number of pyridine rings is 1. The van der Waals surface area contributed by atoms with E-state index < -0.39 is 0 Å². The van der Waals surface area contributed by atoms with Crippen molar-refractivity contribution in [3.05, 3.63) is 52.7 Å². The fraction of sp³-hybridized carbons (Fsp3) is 0.267. The highest BCUT2D eigenvalue weighted by molar-refractivity contribution is 6.31. The van der Waals surface area contributed by atoms with Crippen molar-refractivity contribution in [1.29, 1.82) is 0 Å². The number of nitrogens with zero attached hydrogens (tertiary/aromatic N) is 1. The van der Waals surface area contributed by atoms with Crippen molar-refractivity contribution in [1.82, 2.24) is 10.3 Å². The number of benzene rings is 1. The van der Waals surface area contributed by atoms with Crippen molar-refractivity contribution >= 4 is 11.6 Å². The maximum Gasteiger partial charge on any atom is 0.219 e. The average molecular weight is 277 g/mol. The minimum atomic E-state index is 0.595. The number of hydrogen-bond acceptors (Lipinski definition) is 3. The molecular weight excluding hydrogens is 260 g/mol. The molecule has 0 fully saturated rings. The average Bonchev–Trinajstić information content (AvgIpc) is 2.41.